The van der Waals surface area contributed by atoms with E-state index >= 15 is 0 Å². The second-order valence-electron chi connectivity index (χ2n) is 4.49. The molecule has 0 bridgehead atoms. The number of carboxylic acid groups (broad SMARTS) is 1. The average molecular weight is 227 g/mol. The molecule has 90 valence electrons. The lowest BCUT2D eigenvalue weighted by Gasteiger charge is -2.39. The third-order valence-electron chi connectivity index (χ3n) is 3.38. The first-order valence-electron chi connectivity index (χ1n) is 5.78. The molecule has 0 aromatic heterocycles. The van der Waals surface area contributed by atoms with Gasteiger partial charge in [0.25, 0.3) is 0 Å². The lowest BCUT2D eigenvalue weighted by Crippen LogP contribution is -2.52. The number of carboxylic acids is 1. The fraction of sp³-hybridized carbons (Fsp3) is 0.818. The topological polar surface area (TPSA) is 66.8 Å². The maximum absolute atomic E-state index is 12.0. The highest BCUT2D eigenvalue weighted by atomic mass is 16.5. The van der Waals surface area contributed by atoms with Gasteiger partial charge in [0.2, 0.25) is 5.91 Å². The highest BCUT2D eigenvalue weighted by Crippen LogP contribution is 2.29. The van der Waals surface area contributed by atoms with Gasteiger partial charge in [-0.3, -0.25) is 9.59 Å². The van der Waals surface area contributed by atoms with Crippen LogP contribution in [0.5, 0.6) is 0 Å². The van der Waals surface area contributed by atoms with Crippen LogP contribution in [-0.2, 0) is 14.3 Å². The Bertz CT molecular complexity index is 288. The fourth-order valence-electron chi connectivity index (χ4n) is 2.21. The molecule has 1 heterocycles. The smallest absolute Gasteiger partial charge is 0.305 e. The first kappa shape index (κ1) is 11.4. The van der Waals surface area contributed by atoms with Crippen LogP contribution in [0.25, 0.3) is 0 Å². The van der Waals surface area contributed by atoms with Gasteiger partial charge in [-0.25, -0.2) is 0 Å². The van der Waals surface area contributed by atoms with Gasteiger partial charge in [0.05, 0.1) is 25.7 Å². The van der Waals surface area contributed by atoms with Crippen LogP contribution >= 0.6 is 0 Å². The van der Waals surface area contributed by atoms with E-state index in [1.807, 2.05) is 0 Å². The van der Waals surface area contributed by atoms with E-state index in [4.69, 9.17) is 9.84 Å². The molecule has 5 heteroatoms. The minimum Gasteiger partial charge on any atom is -0.481 e. The Labute approximate surface area is 94.4 Å². The first-order chi connectivity index (χ1) is 7.68. The van der Waals surface area contributed by atoms with Gasteiger partial charge in [-0.15, -0.1) is 0 Å². The molecule has 1 saturated heterocycles. The molecule has 16 heavy (non-hydrogen) atoms. The van der Waals surface area contributed by atoms with E-state index in [9.17, 15) is 9.59 Å². The summed E-state index contributed by atoms with van der Waals surface area (Å²) in [6.07, 6.45) is 3.01. The third kappa shape index (κ3) is 2.35. The van der Waals surface area contributed by atoms with E-state index < -0.39 is 5.97 Å². The number of nitrogens with zero attached hydrogens (tertiary/aromatic N) is 1. The Morgan fingerprint density at radius 1 is 1.38 bits per heavy atom. The monoisotopic (exact) mass is 227 g/mol. The largest absolute Gasteiger partial charge is 0.481 e. The van der Waals surface area contributed by atoms with Crippen molar-refractivity contribution in [3.63, 3.8) is 0 Å². The molecule has 2 aliphatic rings. The van der Waals surface area contributed by atoms with Crippen LogP contribution in [0.2, 0.25) is 0 Å². The predicted molar refractivity (Wildman–Crippen MR) is 55.9 cm³/mol. The van der Waals surface area contributed by atoms with Crippen LogP contribution in [0.3, 0.4) is 0 Å². The molecule has 0 radical (unpaired) electrons. The van der Waals surface area contributed by atoms with Crippen molar-refractivity contribution in [2.45, 2.75) is 31.7 Å². The number of hydrogen-bond donors (Lipinski definition) is 1. The van der Waals surface area contributed by atoms with Gasteiger partial charge < -0.3 is 14.7 Å². The minimum absolute atomic E-state index is 0.0154. The molecule has 1 aliphatic heterocycles. The van der Waals surface area contributed by atoms with E-state index in [1.54, 1.807) is 4.90 Å². The number of ether oxygens (including phenoxy) is 1. The summed E-state index contributed by atoms with van der Waals surface area (Å²) in [5.41, 5.74) is 0. The molecule has 1 atom stereocenters. The van der Waals surface area contributed by atoms with Crippen molar-refractivity contribution in [2.24, 2.45) is 5.92 Å². The zero-order valence-electron chi connectivity index (χ0n) is 9.22. The summed E-state index contributed by atoms with van der Waals surface area (Å²) in [5.74, 6) is -0.614. The standard InChI is InChI=1S/C11H17NO4/c13-10(14)6-9-7-16-5-4-12(9)11(15)8-2-1-3-8/h8-9H,1-7H2,(H,13,14). The maximum Gasteiger partial charge on any atom is 0.305 e. The van der Waals surface area contributed by atoms with E-state index in [0.717, 1.165) is 19.3 Å². The number of carbonyl (C=O) groups excluding carboxylic acids is 1. The summed E-state index contributed by atoms with van der Waals surface area (Å²) in [6.45, 7) is 1.41. The highest BCUT2D eigenvalue weighted by molar-refractivity contribution is 5.80. The van der Waals surface area contributed by atoms with Crippen molar-refractivity contribution < 1.29 is 19.4 Å². The molecule has 1 aliphatic carbocycles. The summed E-state index contributed by atoms with van der Waals surface area (Å²) in [4.78, 5) is 24.5. The predicted octanol–water partition coefficient (Wildman–Crippen LogP) is 0.489. The number of aliphatic carboxylic acids is 1. The van der Waals surface area contributed by atoms with Gasteiger partial charge >= 0.3 is 5.97 Å². The van der Waals surface area contributed by atoms with E-state index in [2.05, 4.69) is 0 Å². The Morgan fingerprint density at radius 3 is 2.69 bits per heavy atom. The normalized spacial score (nSPS) is 26.2. The molecular formula is C11H17NO4. The molecule has 2 fully saturated rings. The SMILES string of the molecule is O=C(O)CC1COCCN1C(=O)C1CCC1. The molecule has 0 aromatic carbocycles. The van der Waals surface area contributed by atoms with Crippen LogP contribution in [-0.4, -0.2) is 47.7 Å². The summed E-state index contributed by atoms with van der Waals surface area (Å²) >= 11 is 0. The van der Waals surface area contributed by atoms with Gasteiger partial charge in [0.15, 0.2) is 0 Å². The first-order valence-corrected chi connectivity index (χ1v) is 5.78. The fourth-order valence-corrected chi connectivity index (χ4v) is 2.21. The van der Waals surface area contributed by atoms with Gasteiger partial charge in [-0.1, -0.05) is 6.42 Å². The molecule has 1 amide bonds. The summed E-state index contributed by atoms with van der Waals surface area (Å²) < 4.78 is 5.24. The molecule has 5 nitrogen and oxygen atoms in total. The molecule has 1 saturated carbocycles. The number of amides is 1. The zero-order chi connectivity index (χ0) is 11.5. The molecule has 1 unspecified atom stereocenters. The summed E-state index contributed by atoms with van der Waals surface area (Å²) in [6, 6.07) is -0.278. The van der Waals surface area contributed by atoms with Gasteiger partial charge in [0, 0.05) is 12.5 Å². The zero-order valence-corrected chi connectivity index (χ0v) is 9.22. The van der Waals surface area contributed by atoms with E-state index in [0.29, 0.717) is 19.8 Å². The Balaban J connectivity index is 1.97. The summed E-state index contributed by atoms with van der Waals surface area (Å²) in [5, 5.41) is 8.78. The van der Waals surface area contributed by atoms with E-state index in [-0.39, 0.29) is 24.3 Å². The van der Waals surface area contributed by atoms with Gasteiger partial charge in [0.1, 0.15) is 0 Å². The molecule has 0 aromatic rings. The van der Waals surface area contributed by atoms with Crippen molar-refractivity contribution in [3.8, 4) is 0 Å². The minimum atomic E-state index is -0.873. The van der Waals surface area contributed by atoms with Crippen molar-refractivity contribution in [1.82, 2.24) is 4.90 Å². The Hall–Kier alpha value is -1.10. The van der Waals surface area contributed by atoms with Crippen molar-refractivity contribution in [3.05, 3.63) is 0 Å². The second kappa shape index (κ2) is 4.82. The number of morpholine rings is 1. The quantitative estimate of drug-likeness (QED) is 0.762. The van der Waals surface area contributed by atoms with Gasteiger partial charge in [-0.05, 0) is 12.8 Å². The van der Waals surface area contributed by atoms with Crippen LogP contribution in [0.1, 0.15) is 25.7 Å². The lowest BCUT2D eigenvalue weighted by atomic mass is 9.84. The number of rotatable bonds is 3. The third-order valence-corrected chi connectivity index (χ3v) is 3.38. The number of hydrogen-bond acceptors (Lipinski definition) is 3. The Kier molecular flexibility index (Phi) is 3.43. The molecule has 2 rings (SSSR count). The van der Waals surface area contributed by atoms with Crippen molar-refractivity contribution in [1.29, 1.82) is 0 Å². The second-order valence-corrected chi connectivity index (χ2v) is 4.49. The van der Waals surface area contributed by atoms with Crippen molar-refractivity contribution in [2.75, 3.05) is 19.8 Å². The summed E-state index contributed by atoms with van der Waals surface area (Å²) in [7, 11) is 0. The van der Waals surface area contributed by atoms with Crippen molar-refractivity contribution >= 4 is 11.9 Å². The maximum atomic E-state index is 12.0. The van der Waals surface area contributed by atoms with Gasteiger partial charge in [-0.2, -0.15) is 0 Å². The van der Waals surface area contributed by atoms with Crippen LogP contribution in [0.15, 0.2) is 0 Å². The lowest BCUT2D eigenvalue weighted by molar-refractivity contribution is -0.150. The Morgan fingerprint density at radius 2 is 2.12 bits per heavy atom. The molecule has 0 spiro atoms. The molecule has 1 N–H and O–H groups in total. The number of carbonyl (C=O) groups is 2. The highest BCUT2D eigenvalue weighted by Gasteiger charge is 2.35. The molecular weight excluding hydrogens is 210 g/mol. The van der Waals surface area contributed by atoms with E-state index in [1.165, 1.54) is 0 Å². The van der Waals surface area contributed by atoms with Crippen LogP contribution in [0.4, 0.5) is 0 Å². The van der Waals surface area contributed by atoms with Crippen LogP contribution in [0, 0.1) is 5.92 Å². The van der Waals surface area contributed by atoms with Crippen LogP contribution < -0.4 is 0 Å². The average Bonchev–Trinajstić information content (AvgIpc) is 2.14.